The van der Waals surface area contributed by atoms with Gasteiger partial charge >= 0.3 is 0 Å². The molecule has 0 aliphatic rings. The number of nitrogens with zero attached hydrogens (tertiary/aromatic N) is 1. The maximum atomic E-state index is 12.2. The van der Waals surface area contributed by atoms with E-state index in [1.165, 1.54) is 0 Å². The van der Waals surface area contributed by atoms with Crippen LogP contribution in [0, 0.1) is 0 Å². The van der Waals surface area contributed by atoms with E-state index in [9.17, 15) is 4.39 Å². The quantitative estimate of drug-likeness (QED) is 0.469. The molecule has 2 nitrogen and oxygen atoms in total. The Morgan fingerprint density at radius 1 is 1.47 bits per heavy atom. The van der Waals surface area contributed by atoms with E-state index >= 15 is 0 Å². The molecule has 0 amide bonds. The molecule has 0 saturated heterocycles. The lowest BCUT2D eigenvalue weighted by atomic mass is 10.3. The van der Waals surface area contributed by atoms with Gasteiger partial charge in [-0.05, 0) is 25.6 Å². The molecule has 1 N–H and O–H groups in total. The van der Waals surface area contributed by atoms with Crippen LogP contribution < -0.4 is 5.32 Å². The summed E-state index contributed by atoms with van der Waals surface area (Å²) >= 11 is 0. The summed E-state index contributed by atoms with van der Waals surface area (Å²) in [6.45, 7) is 10.4. The summed E-state index contributed by atoms with van der Waals surface area (Å²) < 4.78 is 12.2. The molecular formula is C12H23FN2. The summed E-state index contributed by atoms with van der Waals surface area (Å²) in [5.41, 5.74) is 0.919. The number of hydrogen-bond donors (Lipinski definition) is 1. The second-order valence-corrected chi connectivity index (χ2v) is 3.41. The highest BCUT2D eigenvalue weighted by Crippen LogP contribution is 1.99. The molecule has 0 aliphatic heterocycles. The van der Waals surface area contributed by atoms with Crippen LogP contribution in [-0.2, 0) is 0 Å². The van der Waals surface area contributed by atoms with Gasteiger partial charge in [0, 0.05) is 12.1 Å². The van der Waals surface area contributed by atoms with Crippen molar-refractivity contribution in [1.82, 2.24) is 10.2 Å². The number of allylic oxidation sites excluding steroid dienone is 3. The third-order valence-corrected chi connectivity index (χ3v) is 2.20. The van der Waals surface area contributed by atoms with Gasteiger partial charge < -0.3 is 5.32 Å². The van der Waals surface area contributed by atoms with Crippen molar-refractivity contribution in [2.24, 2.45) is 0 Å². The van der Waals surface area contributed by atoms with Crippen LogP contribution in [0.15, 0.2) is 24.4 Å². The van der Waals surface area contributed by atoms with E-state index in [4.69, 9.17) is 0 Å². The first-order valence-electron chi connectivity index (χ1n) is 5.62. The molecule has 0 aromatic rings. The summed E-state index contributed by atoms with van der Waals surface area (Å²) in [6, 6.07) is 0. The van der Waals surface area contributed by atoms with Crippen molar-refractivity contribution in [1.29, 1.82) is 0 Å². The Morgan fingerprint density at radius 2 is 2.20 bits per heavy atom. The largest absolute Gasteiger partial charge is 0.376 e. The van der Waals surface area contributed by atoms with E-state index in [0.29, 0.717) is 6.42 Å². The van der Waals surface area contributed by atoms with Crippen molar-refractivity contribution in [3.8, 4) is 0 Å². The summed E-state index contributed by atoms with van der Waals surface area (Å²) in [4.78, 5) is 2.29. The maximum Gasteiger partial charge on any atom is 0.0948 e. The minimum atomic E-state index is -0.327. The van der Waals surface area contributed by atoms with Gasteiger partial charge in [0.05, 0.1) is 13.3 Å². The zero-order valence-electron chi connectivity index (χ0n) is 9.93. The van der Waals surface area contributed by atoms with E-state index < -0.39 is 0 Å². The highest BCUT2D eigenvalue weighted by atomic mass is 19.1. The number of hydrogen-bond acceptors (Lipinski definition) is 2. The Morgan fingerprint density at radius 3 is 2.67 bits per heavy atom. The average Bonchev–Trinajstić information content (AvgIpc) is 2.24. The van der Waals surface area contributed by atoms with E-state index in [0.717, 1.165) is 31.9 Å². The van der Waals surface area contributed by atoms with Gasteiger partial charge in [-0.15, -0.1) is 0 Å². The van der Waals surface area contributed by atoms with Crippen LogP contribution in [0.25, 0.3) is 0 Å². The predicted molar refractivity (Wildman–Crippen MR) is 64.4 cm³/mol. The van der Waals surface area contributed by atoms with Gasteiger partial charge in [-0.1, -0.05) is 26.5 Å². The minimum absolute atomic E-state index is 0.327. The second-order valence-electron chi connectivity index (χ2n) is 3.41. The van der Waals surface area contributed by atoms with E-state index in [1.54, 1.807) is 6.08 Å². The number of nitrogens with one attached hydrogen (secondary N) is 1. The summed E-state index contributed by atoms with van der Waals surface area (Å²) in [5.74, 6) is 0. The van der Waals surface area contributed by atoms with Gasteiger partial charge in [-0.2, -0.15) is 0 Å². The molecule has 88 valence electrons. The molecule has 0 radical (unpaired) electrons. The van der Waals surface area contributed by atoms with Crippen LogP contribution in [0.3, 0.4) is 0 Å². The molecule has 0 unspecified atom stereocenters. The van der Waals surface area contributed by atoms with Crippen molar-refractivity contribution in [3.63, 3.8) is 0 Å². The Bertz CT molecular complexity index is 190. The molecule has 0 atom stereocenters. The summed E-state index contributed by atoms with van der Waals surface area (Å²) in [7, 11) is 0. The monoisotopic (exact) mass is 214 g/mol. The lowest BCUT2D eigenvalue weighted by molar-refractivity contribution is 0.273. The first-order valence-corrected chi connectivity index (χ1v) is 5.62. The zero-order chi connectivity index (χ0) is 11.5. The Hall–Kier alpha value is -0.830. The normalized spacial score (nSPS) is 11.9. The Balaban J connectivity index is 3.95. The second kappa shape index (κ2) is 9.71. The van der Waals surface area contributed by atoms with Crippen LogP contribution >= 0.6 is 0 Å². The Labute approximate surface area is 92.8 Å². The van der Waals surface area contributed by atoms with Gasteiger partial charge in [-0.25, -0.2) is 0 Å². The van der Waals surface area contributed by atoms with E-state index in [-0.39, 0.29) is 6.67 Å². The van der Waals surface area contributed by atoms with Crippen molar-refractivity contribution < 1.29 is 4.39 Å². The minimum Gasteiger partial charge on any atom is -0.376 e. The maximum absolute atomic E-state index is 12.2. The smallest absolute Gasteiger partial charge is 0.0948 e. The van der Waals surface area contributed by atoms with Crippen LogP contribution in [-0.4, -0.2) is 31.3 Å². The molecule has 15 heavy (non-hydrogen) atoms. The highest BCUT2D eigenvalue weighted by Gasteiger charge is 2.01. The van der Waals surface area contributed by atoms with Crippen molar-refractivity contribution >= 4 is 0 Å². The van der Waals surface area contributed by atoms with Gasteiger partial charge in [0.1, 0.15) is 0 Å². The standard InChI is InChI=1S/C12H23FN2/c1-4-7-12(8-9-13)14-11-15(6-3)10-5-2/h4,7,14H,1,5-6,8-11H2,2-3H3/b12-7-. The van der Waals surface area contributed by atoms with Crippen LogP contribution in [0.2, 0.25) is 0 Å². The first-order chi connectivity index (χ1) is 7.28. The highest BCUT2D eigenvalue weighted by molar-refractivity contribution is 5.08. The molecule has 0 aromatic carbocycles. The van der Waals surface area contributed by atoms with Crippen molar-refractivity contribution in [2.75, 3.05) is 26.4 Å². The average molecular weight is 214 g/mol. The van der Waals surface area contributed by atoms with E-state index in [1.807, 2.05) is 6.08 Å². The van der Waals surface area contributed by atoms with E-state index in [2.05, 4.69) is 30.6 Å². The molecule has 0 spiro atoms. The molecule has 0 bridgehead atoms. The molecule has 0 aliphatic carbocycles. The third-order valence-electron chi connectivity index (χ3n) is 2.20. The number of rotatable bonds is 9. The van der Waals surface area contributed by atoms with Crippen LogP contribution in [0.1, 0.15) is 26.7 Å². The molecule has 0 fully saturated rings. The van der Waals surface area contributed by atoms with Gasteiger partial charge in [0.25, 0.3) is 0 Å². The molecule has 0 heterocycles. The number of halogens is 1. The van der Waals surface area contributed by atoms with Gasteiger partial charge in [0.2, 0.25) is 0 Å². The lowest BCUT2D eigenvalue weighted by Gasteiger charge is -2.21. The topological polar surface area (TPSA) is 15.3 Å². The summed E-state index contributed by atoms with van der Waals surface area (Å²) in [6.07, 6.45) is 5.10. The SMILES string of the molecule is C=C/C=C(/CCF)NCN(CC)CCC. The lowest BCUT2D eigenvalue weighted by Crippen LogP contribution is -2.34. The Kier molecular flexibility index (Phi) is 9.18. The third kappa shape index (κ3) is 7.14. The fraction of sp³-hybridized carbons (Fsp3) is 0.667. The molecule has 0 rings (SSSR count). The zero-order valence-corrected chi connectivity index (χ0v) is 9.93. The van der Waals surface area contributed by atoms with Gasteiger partial charge in [0.15, 0.2) is 0 Å². The van der Waals surface area contributed by atoms with Crippen molar-refractivity contribution in [2.45, 2.75) is 26.7 Å². The van der Waals surface area contributed by atoms with Gasteiger partial charge in [-0.3, -0.25) is 9.29 Å². The number of alkyl halides is 1. The fourth-order valence-corrected chi connectivity index (χ4v) is 1.35. The van der Waals surface area contributed by atoms with Crippen LogP contribution in [0.5, 0.6) is 0 Å². The molecule has 0 aromatic heterocycles. The molecule has 3 heteroatoms. The predicted octanol–water partition coefficient (Wildman–Crippen LogP) is 2.69. The fourth-order valence-electron chi connectivity index (χ4n) is 1.35. The molecule has 0 saturated carbocycles. The van der Waals surface area contributed by atoms with Crippen LogP contribution in [0.4, 0.5) is 4.39 Å². The van der Waals surface area contributed by atoms with Crippen molar-refractivity contribution in [3.05, 3.63) is 24.4 Å². The first kappa shape index (κ1) is 14.2. The molecular weight excluding hydrogens is 191 g/mol. The summed E-state index contributed by atoms with van der Waals surface area (Å²) in [5, 5.41) is 3.23.